The second-order valence-electron chi connectivity index (χ2n) is 9.41. The lowest BCUT2D eigenvalue weighted by atomic mass is 10.1. The summed E-state index contributed by atoms with van der Waals surface area (Å²) in [6.07, 6.45) is 8.76. The Kier molecular flexibility index (Phi) is 6.35. The number of nitrogens with zero attached hydrogens (tertiary/aromatic N) is 4. The van der Waals surface area contributed by atoms with Crippen molar-refractivity contribution in [1.29, 1.82) is 0 Å². The summed E-state index contributed by atoms with van der Waals surface area (Å²) in [5, 5.41) is 3.04. The zero-order chi connectivity index (χ0) is 21.9. The summed E-state index contributed by atoms with van der Waals surface area (Å²) in [7, 11) is 0. The van der Waals surface area contributed by atoms with Crippen LogP contribution in [0.3, 0.4) is 0 Å². The van der Waals surface area contributed by atoms with E-state index in [0.717, 1.165) is 70.0 Å². The molecule has 0 unspecified atom stereocenters. The van der Waals surface area contributed by atoms with Crippen molar-refractivity contribution in [2.75, 3.05) is 31.5 Å². The van der Waals surface area contributed by atoms with E-state index in [9.17, 15) is 4.79 Å². The third kappa shape index (κ3) is 4.77. The lowest BCUT2D eigenvalue weighted by Gasteiger charge is -2.35. The lowest BCUT2D eigenvalue weighted by Crippen LogP contribution is -2.49. The van der Waals surface area contributed by atoms with Crippen molar-refractivity contribution in [3.05, 3.63) is 41.5 Å². The van der Waals surface area contributed by atoms with Gasteiger partial charge in [0.1, 0.15) is 11.6 Å². The molecule has 0 atom stereocenters. The van der Waals surface area contributed by atoms with E-state index in [2.05, 4.69) is 21.7 Å². The number of nitrogens with one attached hydrogen (secondary N) is 1. The lowest BCUT2D eigenvalue weighted by molar-refractivity contribution is 0.140. The summed E-state index contributed by atoms with van der Waals surface area (Å²) in [5.41, 5.74) is 3.35. The second kappa shape index (κ2) is 9.53. The van der Waals surface area contributed by atoms with Crippen LogP contribution < -0.4 is 10.1 Å². The zero-order valence-corrected chi connectivity index (χ0v) is 19.2. The average molecular weight is 438 g/mol. The van der Waals surface area contributed by atoms with E-state index in [-0.39, 0.29) is 6.03 Å². The molecule has 32 heavy (non-hydrogen) atoms. The summed E-state index contributed by atoms with van der Waals surface area (Å²) in [5.74, 6) is 2.14. The fourth-order valence-corrected chi connectivity index (χ4v) is 5.22. The van der Waals surface area contributed by atoms with Crippen LogP contribution in [-0.2, 0) is 19.5 Å². The maximum absolute atomic E-state index is 12.8. The molecule has 172 valence electrons. The van der Waals surface area contributed by atoms with Gasteiger partial charge in [-0.3, -0.25) is 4.90 Å². The number of piperazine rings is 1. The molecule has 1 N–H and O–H groups in total. The van der Waals surface area contributed by atoms with Crippen LogP contribution in [0.25, 0.3) is 0 Å². The van der Waals surface area contributed by atoms with Gasteiger partial charge < -0.3 is 19.5 Å². The third-order valence-corrected chi connectivity index (χ3v) is 7.13. The molecular formula is C25H35N5O2. The predicted molar refractivity (Wildman–Crippen MR) is 125 cm³/mol. The molecule has 5 rings (SSSR count). The zero-order valence-electron chi connectivity index (χ0n) is 19.2. The molecule has 2 fully saturated rings. The molecule has 1 saturated carbocycles. The summed E-state index contributed by atoms with van der Waals surface area (Å²) in [6.45, 7) is 7.43. The van der Waals surface area contributed by atoms with E-state index in [4.69, 9.17) is 9.72 Å². The van der Waals surface area contributed by atoms with E-state index in [1.54, 1.807) is 0 Å². The number of carbonyl (C=O) groups excluding carboxylic acids is 1. The van der Waals surface area contributed by atoms with Crippen LogP contribution in [0.1, 0.15) is 55.7 Å². The minimum absolute atomic E-state index is 0.0213. The molecule has 3 aliphatic rings. The number of aromatic nitrogens is 2. The number of hydrogen-bond donors (Lipinski definition) is 1. The van der Waals surface area contributed by atoms with E-state index in [1.807, 2.05) is 29.2 Å². The molecule has 1 aliphatic carbocycles. The summed E-state index contributed by atoms with van der Waals surface area (Å²) < 4.78 is 8.44. The molecule has 1 aromatic carbocycles. The van der Waals surface area contributed by atoms with Gasteiger partial charge in [0.25, 0.3) is 0 Å². The highest BCUT2D eigenvalue weighted by atomic mass is 16.5. The number of hydrogen-bond acceptors (Lipinski definition) is 4. The van der Waals surface area contributed by atoms with Crippen LogP contribution in [0.15, 0.2) is 24.3 Å². The molecule has 0 bridgehead atoms. The Morgan fingerprint density at radius 2 is 1.78 bits per heavy atom. The number of urea groups is 1. The highest BCUT2D eigenvalue weighted by molar-refractivity contribution is 5.89. The normalized spacial score (nSPS) is 19.7. The fourth-order valence-electron chi connectivity index (χ4n) is 5.22. The molecule has 0 radical (unpaired) electrons. The van der Waals surface area contributed by atoms with Crippen molar-refractivity contribution in [2.24, 2.45) is 0 Å². The summed E-state index contributed by atoms with van der Waals surface area (Å²) >= 11 is 0. The minimum Gasteiger partial charge on any atom is -0.490 e. The van der Waals surface area contributed by atoms with Crippen LogP contribution in [0.5, 0.6) is 5.75 Å². The largest absolute Gasteiger partial charge is 0.490 e. The Hall–Kier alpha value is -2.54. The molecule has 1 saturated heterocycles. The van der Waals surface area contributed by atoms with Crippen LogP contribution in [0.2, 0.25) is 0 Å². The summed E-state index contributed by atoms with van der Waals surface area (Å²) in [4.78, 5) is 21.9. The smallest absolute Gasteiger partial charge is 0.321 e. The number of imidazole rings is 1. The number of anilines is 1. The Labute approximate surface area is 190 Å². The Balaban J connectivity index is 1.10. The quantitative estimate of drug-likeness (QED) is 0.762. The second-order valence-corrected chi connectivity index (χ2v) is 9.41. The molecular weight excluding hydrogens is 402 g/mol. The van der Waals surface area contributed by atoms with Gasteiger partial charge in [-0.1, -0.05) is 0 Å². The fraction of sp³-hybridized carbons (Fsp3) is 0.600. The van der Waals surface area contributed by atoms with Crippen LogP contribution >= 0.6 is 0 Å². The van der Waals surface area contributed by atoms with Crippen molar-refractivity contribution in [3.8, 4) is 5.75 Å². The predicted octanol–water partition coefficient (Wildman–Crippen LogP) is 4.20. The summed E-state index contributed by atoms with van der Waals surface area (Å²) in [6, 6.07) is 7.77. The Morgan fingerprint density at radius 1 is 1.03 bits per heavy atom. The SMILES string of the molecule is Cc1nc2n(c1CN1CCN(C(=O)Nc3ccc(OC4CCCC4)cc3)CC1)CCCC2. The van der Waals surface area contributed by atoms with E-state index < -0.39 is 0 Å². The van der Waals surface area contributed by atoms with Gasteiger partial charge in [0.2, 0.25) is 0 Å². The molecule has 2 aromatic rings. The van der Waals surface area contributed by atoms with E-state index in [0.29, 0.717) is 6.10 Å². The molecule has 2 aliphatic heterocycles. The number of fused-ring (bicyclic) bond motifs is 1. The number of amides is 2. The maximum atomic E-state index is 12.8. The van der Waals surface area contributed by atoms with Crippen LogP contribution in [-0.4, -0.2) is 57.7 Å². The molecule has 7 nitrogen and oxygen atoms in total. The van der Waals surface area contributed by atoms with Gasteiger partial charge in [0.05, 0.1) is 17.5 Å². The first kappa shape index (κ1) is 21.3. The molecule has 0 spiro atoms. The number of rotatable bonds is 5. The standard InChI is InChI=1S/C25H35N5O2/c1-19-23(30-13-5-4-8-24(30)26-19)18-28-14-16-29(17-15-28)25(31)27-20-9-11-22(12-10-20)32-21-6-2-3-7-21/h9-12,21H,2-8,13-18H2,1H3,(H,27,31). The van der Waals surface area contributed by atoms with Gasteiger partial charge in [0, 0.05) is 51.4 Å². The molecule has 2 amide bonds. The first-order valence-corrected chi connectivity index (χ1v) is 12.3. The van der Waals surface area contributed by atoms with Crippen molar-refractivity contribution in [1.82, 2.24) is 19.4 Å². The number of carbonyl (C=O) groups is 1. The number of benzene rings is 1. The highest BCUT2D eigenvalue weighted by Gasteiger charge is 2.24. The van der Waals surface area contributed by atoms with Crippen molar-refractivity contribution < 1.29 is 9.53 Å². The van der Waals surface area contributed by atoms with Gasteiger partial charge in [0.15, 0.2) is 0 Å². The van der Waals surface area contributed by atoms with Crippen LogP contribution in [0.4, 0.5) is 10.5 Å². The van der Waals surface area contributed by atoms with Gasteiger partial charge >= 0.3 is 6.03 Å². The van der Waals surface area contributed by atoms with Crippen LogP contribution in [0, 0.1) is 6.92 Å². The first-order chi connectivity index (χ1) is 15.7. The first-order valence-electron chi connectivity index (χ1n) is 12.3. The van der Waals surface area contributed by atoms with Gasteiger partial charge in [-0.2, -0.15) is 0 Å². The number of aryl methyl sites for hydroxylation is 2. The molecule has 3 heterocycles. The monoisotopic (exact) mass is 437 g/mol. The third-order valence-electron chi connectivity index (χ3n) is 7.13. The highest BCUT2D eigenvalue weighted by Crippen LogP contribution is 2.25. The number of ether oxygens (including phenoxy) is 1. The van der Waals surface area contributed by atoms with Crippen molar-refractivity contribution in [3.63, 3.8) is 0 Å². The van der Waals surface area contributed by atoms with Crippen molar-refractivity contribution >= 4 is 11.7 Å². The Bertz CT molecular complexity index is 925. The Morgan fingerprint density at radius 3 is 2.53 bits per heavy atom. The maximum Gasteiger partial charge on any atom is 0.321 e. The molecule has 1 aromatic heterocycles. The van der Waals surface area contributed by atoms with E-state index >= 15 is 0 Å². The van der Waals surface area contributed by atoms with Crippen molar-refractivity contribution in [2.45, 2.75) is 71.1 Å². The minimum atomic E-state index is -0.0213. The van der Waals surface area contributed by atoms with E-state index in [1.165, 1.54) is 42.9 Å². The van der Waals surface area contributed by atoms with Gasteiger partial charge in [-0.15, -0.1) is 0 Å². The average Bonchev–Trinajstić information content (AvgIpc) is 3.43. The molecule has 7 heteroatoms. The van der Waals surface area contributed by atoms with Gasteiger partial charge in [-0.05, 0) is 69.7 Å². The topological polar surface area (TPSA) is 62.6 Å². The van der Waals surface area contributed by atoms with Gasteiger partial charge in [-0.25, -0.2) is 9.78 Å².